The van der Waals surface area contributed by atoms with Crippen molar-refractivity contribution in [1.82, 2.24) is 10.3 Å². The molecule has 1 N–H and O–H groups in total. The fourth-order valence-electron chi connectivity index (χ4n) is 2.85. The highest BCUT2D eigenvalue weighted by molar-refractivity contribution is 7.09. The lowest BCUT2D eigenvalue weighted by Gasteiger charge is -2.31. The van der Waals surface area contributed by atoms with E-state index in [2.05, 4.69) is 29.5 Å². The lowest BCUT2D eigenvalue weighted by atomic mass is 9.83. The standard InChI is InChI=1S/C14H24N2S/c1-3-12-6-4-5-7-13(12)15-9-8-14-16-11(2)10-17-14/h10,12-13,15H,3-9H2,1-2H3. The summed E-state index contributed by atoms with van der Waals surface area (Å²) in [6.45, 7) is 5.49. The lowest BCUT2D eigenvalue weighted by Crippen LogP contribution is -2.39. The van der Waals surface area contributed by atoms with Crippen molar-refractivity contribution in [1.29, 1.82) is 0 Å². The second-order valence-corrected chi connectivity index (χ2v) is 6.09. The second-order valence-electron chi connectivity index (χ2n) is 5.15. The minimum Gasteiger partial charge on any atom is -0.313 e. The van der Waals surface area contributed by atoms with Gasteiger partial charge in [-0.15, -0.1) is 11.3 Å². The van der Waals surface area contributed by atoms with Gasteiger partial charge in [-0.05, 0) is 25.7 Å². The molecule has 3 heteroatoms. The van der Waals surface area contributed by atoms with Gasteiger partial charge in [0.2, 0.25) is 0 Å². The average molecular weight is 252 g/mol. The molecular weight excluding hydrogens is 228 g/mol. The Morgan fingerprint density at radius 2 is 2.24 bits per heavy atom. The number of hydrogen-bond donors (Lipinski definition) is 1. The molecule has 96 valence electrons. The fraction of sp³-hybridized carbons (Fsp3) is 0.786. The molecule has 1 aliphatic carbocycles. The van der Waals surface area contributed by atoms with Crippen LogP contribution in [0.3, 0.4) is 0 Å². The number of aryl methyl sites for hydroxylation is 1. The van der Waals surface area contributed by atoms with Crippen LogP contribution in [0.2, 0.25) is 0 Å². The summed E-state index contributed by atoms with van der Waals surface area (Å²) in [5.41, 5.74) is 1.16. The molecule has 1 aromatic heterocycles. The second kappa shape index (κ2) is 6.50. The number of nitrogens with zero attached hydrogens (tertiary/aromatic N) is 1. The average Bonchev–Trinajstić information content (AvgIpc) is 2.76. The summed E-state index contributed by atoms with van der Waals surface area (Å²) < 4.78 is 0. The highest BCUT2D eigenvalue weighted by Crippen LogP contribution is 2.26. The Bertz CT molecular complexity index is 335. The molecule has 1 aromatic rings. The van der Waals surface area contributed by atoms with Crippen molar-refractivity contribution in [3.8, 4) is 0 Å². The van der Waals surface area contributed by atoms with Gasteiger partial charge in [0.15, 0.2) is 0 Å². The van der Waals surface area contributed by atoms with Gasteiger partial charge in [-0.3, -0.25) is 0 Å². The zero-order valence-electron chi connectivity index (χ0n) is 11.0. The van der Waals surface area contributed by atoms with E-state index in [1.807, 2.05) is 0 Å². The molecule has 2 unspecified atom stereocenters. The summed E-state index contributed by atoms with van der Waals surface area (Å²) in [4.78, 5) is 4.51. The molecule has 1 fully saturated rings. The summed E-state index contributed by atoms with van der Waals surface area (Å²) in [6, 6.07) is 0.759. The Hall–Kier alpha value is -0.410. The van der Waals surface area contributed by atoms with Gasteiger partial charge >= 0.3 is 0 Å². The molecule has 2 nitrogen and oxygen atoms in total. The Morgan fingerprint density at radius 1 is 1.41 bits per heavy atom. The van der Waals surface area contributed by atoms with Crippen LogP contribution in [-0.2, 0) is 6.42 Å². The number of hydrogen-bond acceptors (Lipinski definition) is 3. The highest BCUT2D eigenvalue weighted by atomic mass is 32.1. The van der Waals surface area contributed by atoms with E-state index < -0.39 is 0 Å². The van der Waals surface area contributed by atoms with Crippen LogP contribution >= 0.6 is 11.3 Å². The summed E-state index contributed by atoms with van der Waals surface area (Å²) in [5.74, 6) is 0.904. The van der Waals surface area contributed by atoms with Gasteiger partial charge in [0.25, 0.3) is 0 Å². The first kappa shape index (κ1) is 13.0. The molecule has 0 spiro atoms. The van der Waals surface area contributed by atoms with E-state index in [0.29, 0.717) is 0 Å². The number of aromatic nitrogens is 1. The van der Waals surface area contributed by atoms with Gasteiger partial charge in [-0.2, -0.15) is 0 Å². The number of nitrogens with one attached hydrogen (secondary N) is 1. The minimum atomic E-state index is 0.759. The van der Waals surface area contributed by atoms with Gasteiger partial charge in [0.05, 0.1) is 5.01 Å². The molecule has 1 heterocycles. The van der Waals surface area contributed by atoms with E-state index in [9.17, 15) is 0 Å². The number of rotatable bonds is 5. The normalized spacial score (nSPS) is 25.1. The summed E-state index contributed by atoms with van der Waals surface area (Å²) in [6.07, 6.45) is 8.05. The van der Waals surface area contributed by atoms with Crippen molar-refractivity contribution in [2.45, 2.75) is 58.4 Å². The third-order valence-electron chi connectivity index (χ3n) is 3.85. The smallest absolute Gasteiger partial charge is 0.0940 e. The Balaban J connectivity index is 1.73. The first-order valence-corrected chi connectivity index (χ1v) is 7.82. The topological polar surface area (TPSA) is 24.9 Å². The molecule has 0 bridgehead atoms. The van der Waals surface area contributed by atoms with Gasteiger partial charge in [0.1, 0.15) is 0 Å². The predicted molar refractivity (Wildman–Crippen MR) is 74.6 cm³/mol. The molecule has 1 aliphatic rings. The molecule has 0 radical (unpaired) electrons. The molecule has 0 amide bonds. The third kappa shape index (κ3) is 3.78. The van der Waals surface area contributed by atoms with Crippen LogP contribution in [0, 0.1) is 12.8 Å². The monoisotopic (exact) mass is 252 g/mol. The van der Waals surface area contributed by atoms with Crippen molar-refractivity contribution < 1.29 is 0 Å². The van der Waals surface area contributed by atoms with E-state index in [1.54, 1.807) is 11.3 Å². The van der Waals surface area contributed by atoms with Crippen LogP contribution in [0.15, 0.2) is 5.38 Å². The SMILES string of the molecule is CCC1CCCCC1NCCc1nc(C)cs1. The largest absolute Gasteiger partial charge is 0.313 e. The van der Waals surface area contributed by atoms with Gasteiger partial charge < -0.3 is 5.32 Å². The number of thiazole rings is 1. The maximum atomic E-state index is 4.51. The van der Waals surface area contributed by atoms with Gasteiger partial charge in [0, 0.05) is 30.1 Å². The van der Waals surface area contributed by atoms with Crippen molar-refractivity contribution in [3.05, 3.63) is 16.1 Å². The Morgan fingerprint density at radius 3 is 2.94 bits per heavy atom. The van der Waals surface area contributed by atoms with Crippen LogP contribution < -0.4 is 5.32 Å². The van der Waals surface area contributed by atoms with Gasteiger partial charge in [-0.1, -0.05) is 26.2 Å². The van der Waals surface area contributed by atoms with Gasteiger partial charge in [-0.25, -0.2) is 4.98 Å². The zero-order valence-corrected chi connectivity index (χ0v) is 11.9. The van der Waals surface area contributed by atoms with Crippen molar-refractivity contribution in [2.24, 2.45) is 5.92 Å². The van der Waals surface area contributed by atoms with E-state index >= 15 is 0 Å². The molecule has 0 aromatic carbocycles. The highest BCUT2D eigenvalue weighted by Gasteiger charge is 2.22. The van der Waals surface area contributed by atoms with Crippen LogP contribution in [-0.4, -0.2) is 17.6 Å². The van der Waals surface area contributed by atoms with Crippen LogP contribution in [0.1, 0.15) is 49.7 Å². The molecule has 17 heavy (non-hydrogen) atoms. The summed E-state index contributed by atoms with van der Waals surface area (Å²) >= 11 is 1.79. The maximum Gasteiger partial charge on any atom is 0.0940 e. The first-order valence-electron chi connectivity index (χ1n) is 6.94. The maximum absolute atomic E-state index is 4.51. The zero-order chi connectivity index (χ0) is 12.1. The summed E-state index contributed by atoms with van der Waals surface area (Å²) in [5, 5.41) is 7.17. The molecule has 1 saturated carbocycles. The molecule has 0 saturated heterocycles. The Labute approximate surface area is 109 Å². The molecule has 0 aliphatic heterocycles. The van der Waals surface area contributed by atoms with E-state index in [0.717, 1.165) is 30.6 Å². The van der Waals surface area contributed by atoms with Crippen LogP contribution in [0.4, 0.5) is 0 Å². The van der Waals surface area contributed by atoms with Crippen molar-refractivity contribution >= 4 is 11.3 Å². The van der Waals surface area contributed by atoms with Crippen LogP contribution in [0.5, 0.6) is 0 Å². The van der Waals surface area contributed by atoms with Crippen molar-refractivity contribution in [3.63, 3.8) is 0 Å². The fourth-order valence-corrected chi connectivity index (χ4v) is 3.62. The van der Waals surface area contributed by atoms with E-state index in [4.69, 9.17) is 0 Å². The summed E-state index contributed by atoms with van der Waals surface area (Å²) in [7, 11) is 0. The van der Waals surface area contributed by atoms with Crippen LogP contribution in [0.25, 0.3) is 0 Å². The molecular formula is C14H24N2S. The van der Waals surface area contributed by atoms with Crippen molar-refractivity contribution in [2.75, 3.05) is 6.54 Å². The quantitative estimate of drug-likeness (QED) is 0.867. The third-order valence-corrected chi connectivity index (χ3v) is 4.87. The lowest BCUT2D eigenvalue weighted by molar-refractivity contribution is 0.257. The first-order chi connectivity index (χ1) is 8.29. The predicted octanol–water partition coefficient (Wildman–Crippen LogP) is 3.55. The van der Waals surface area contributed by atoms with E-state index in [-0.39, 0.29) is 0 Å². The van der Waals surface area contributed by atoms with E-state index in [1.165, 1.54) is 37.1 Å². The Kier molecular flexibility index (Phi) is 4.99. The minimum absolute atomic E-state index is 0.759. The molecule has 2 atom stereocenters. The molecule has 2 rings (SSSR count).